The minimum absolute atomic E-state index is 0.422. The molecular weight excluding hydrogens is 448 g/mol. The second-order valence-corrected chi connectivity index (χ2v) is 10.2. The summed E-state index contributed by atoms with van der Waals surface area (Å²) in [5, 5.41) is 3.69. The molecule has 2 aromatic rings. The lowest BCUT2D eigenvalue weighted by Crippen LogP contribution is -2.37. The number of morpholine rings is 1. The minimum Gasteiger partial charge on any atom is -0.496 e. The van der Waals surface area contributed by atoms with Gasteiger partial charge in [0.2, 0.25) is 0 Å². The molecule has 6 heteroatoms. The van der Waals surface area contributed by atoms with Gasteiger partial charge in [0.05, 0.1) is 37.4 Å². The maximum atomic E-state index is 6.05. The smallest absolute Gasteiger partial charge is 0.148 e. The van der Waals surface area contributed by atoms with E-state index in [2.05, 4.69) is 44.0 Å². The van der Waals surface area contributed by atoms with E-state index >= 15 is 0 Å². The van der Waals surface area contributed by atoms with Crippen LogP contribution in [0.15, 0.2) is 6.07 Å². The molecule has 0 radical (unpaired) electrons. The zero-order chi connectivity index (χ0) is 25.5. The lowest BCUT2D eigenvalue weighted by atomic mass is 9.90. The Hall–Kier alpha value is -2.18. The highest BCUT2D eigenvalue weighted by Crippen LogP contribution is 2.42. The van der Waals surface area contributed by atoms with Crippen molar-refractivity contribution in [2.24, 2.45) is 0 Å². The second kappa shape index (κ2) is 12.9. The molecule has 2 aliphatic rings. The van der Waals surface area contributed by atoms with Gasteiger partial charge in [-0.15, -0.1) is 0 Å². The van der Waals surface area contributed by atoms with Crippen molar-refractivity contribution in [1.82, 2.24) is 14.9 Å². The van der Waals surface area contributed by atoms with Crippen molar-refractivity contribution in [1.29, 1.82) is 0 Å². The molecule has 1 aliphatic carbocycles. The van der Waals surface area contributed by atoms with Gasteiger partial charge in [0, 0.05) is 24.7 Å². The first-order valence-corrected chi connectivity index (χ1v) is 14.3. The predicted octanol–water partition coefficient (Wildman–Crippen LogP) is 5.63. The first-order chi connectivity index (χ1) is 17.6. The van der Waals surface area contributed by atoms with E-state index in [0.717, 1.165) is 113 Å². The summed E-state index contributed by atoms with van der Waals surface area (Å²) in [4.78, 5) is 13.0. The van der Waals surface area contributed by atoms with E-state index in [9.17, 15) is 0 Å². The van der Waals surface area contributed by atoms with E-state index in [-0.39, 0.29) is 0 Å². The average Bonchev–Trinajstić information content (AvgIpc) is 3.40. The van der Waals surface area contributed by atoms with E-state index < -0.39 is 0 Å². The zero-order valence-corrected chi connectivity index (χ0v) is 23.2. The summed E-state index contributed by atoms with van der Waals surface area (Å²) in [6.07, 6.45) is 9.57. The van der Waals surface area contributed by atoms with Gasteiger partial charge in [-0.2, -0.15) is 0 Å². The van der Waals surface area contributed by atoms with Crippen molar-refractivity contribution >= 4 is 5.82 Å². The number of aromatic nitrogens is 2. The lowest BCUT2D eigenvalue weighted by molar-refractivity contribution is 0.0374. The summed E-state index contributed by atoms with van der Waals surface area (Å²) in [7, 11) is 1.81. The number of ether oxygens (including phenoxy) is 2. The Morgan fingerprint density at radius 2 is 1.78 bits per heavy atom. The molecule has 1 N–H and O–H groups in total. The Morgan fingerprint density at radius 3 is 2.44 bits per heavy atom. The van der Waals surface area contributed by atoms with Gasteiger partial charge in [-0.25, -0.2) is 9.97 Å². The maximum absolute atomic E-state index is 6.05. The molecule has 1 aliphatic heterocycles. The van der Waals surface area contributed by atoms with Crippen molar-refractivity contribution in [3.8, 4) is 17.0 Å². The SMILES string of the molecule is CCc1nc(-c2c(OC)cc3c(c2CCCN2CCOCC2)CCC3)c(CC)nc1NC(CC)CC. The van der Waals surface area contributed by atoms with Crippen LogP contribution in [0.5, 0.6) is 5.75 Å². The van der Waals surface area contributed by atoms with Crippen LogP contribution in [0, 0.1) is 0 Å². The van der Waals surface area contributed by atoms with Crippen LogP contribution in [0.4, 0.5) is 5.82 Å². The second-order valence-electron chi connectivity index (χ2n) is 10.2. The summed E-state index contributed by atoms with van der Waals surface area (Å²) in [5.41, 5.74) is 8.77. The van der Waals surface area contributed by atoms with Crippen molar-refractivity contribution < 1.29 is 9.47 Å². The number of methoxy groups -OCH3 is 1. The molecule has 0 amide bonds. The number of benzene rings is 1. The van der Waals surface area contributed by atoms with Crippen LogP contribution in [0.2, 0.25) is 0 Å². The van der Waals surface area contributed by atoms with E-state index in [1.807, 2.05) is 0 Å². The molecule has 36 heavy (non-hydrogen) atoms. The molecule has 0 spiro atoms. The largest absolute Gasteiger partial charge is 0.496 e. The van der Waals surface area contributed by atoms with Gasteiger partial charge in [0.25, 0.3) is 0 Å². The van der Waals surface area contributed by atoms with Crippen molar-refractivity contribution in [2.45, 2.75) is 91.5 Å². The van der Waals surface area contributed by atoms with Crippen molar-refractivity contribution in [3.63, 3.8) is 0 Å². The zero-order valence-electron chi connectivity index (χ0n) is 23.2. The third-order valence-electron chi connectivity index (χ3n) is 7.98. The maximum Gasteiger partial charge on any atom is 0.148 e. The Bertz CT molecular complexity index is 1010. The molecular formula is C30H46N4O2. The Balaban J connectivity index is 1.76. The first-order valence-electron chi connectivity index (χ1n) is 14.3. The molecule has 1 fully saturated rings. The van der Waals surface area contributed by atoms with E-state index in [1.165, 1.54) is 28.7 Å². The van der Waals surface area contributed by atoms with Gasteiger partial charge in [-0.05, 0) is 87.1 Å². The molecule has 0 unspecified atom stereocenters. The van der Waals surface area contributed by atoms with E-state index in [4.69, 9.17) is 19.4 Å². The number of hydrogen-bond acceptors (Lipinski definition) is 6. The minimum atomic E-state index is 0.422. The number of fused-ring (bicyclic) bond motifs is 1. The number of nitrogens with one attached hydrogen (secondary N) is 1. The predicted molar refractivity (Wildman–Crippen MR) is 148 cm³/mol. The number of nitrogens with zero attached hydrogens (tertiary/aromatic N) is 3. The average molecular weight is 495 g/mol. The van der Waals surface area contributed by atoms with Crippen LogP contribution in [-0.2, 0) is 36.8 Å². The van der Waals surface area contributed by atoms with Crippen LogP contribution in [0.1, 0.15) is 81.5 Å². The summed E-state index contributed by atoms with van der Waals surface area (Å²) < 4.78 is 11.6. The molecule has 0 saturated carbocycles. The molecule has 1 aromatic carbocycles. The third-order valence-corrected chi connectivity index (χ3v) is 7.98. The van der Waals surface area contributed by atoms with Crippen molar-refractivity contribution in [2.75, 3.05) is 45.3 Å². The molecule has 0 atom stereocenters. The topological polar surface area (TPSA) is 59.5 Å². The van der Waals surface area contributed by atoms with Gasteiger partial charge >= 0.3 is 0 Å². The molecule has 1 saturated heterocycles. The summed E-state index contributed by atoms with van der Waals surface area (Å²) in [6, 6.07) is 2.71. The van der Waals surface area contributed by atoms with Crippen LogP contribution >= 0.6 is 0 Å². The van der Waals surface area contributed by atoms with E-state index in [0.29, 0.717) is 6.04 Å². The third kappa shape index (κ3) is 5.86. The highest BCUT2D eigenvalue weighted by molar-refractivity contribution is 5.77. The summed E-state index contributed by atoms with van der Waals surface area (Å²) in [6.45, 7) is 13.7. The molecule has 198 valence electrons. The number of aryl methyl sites for hydroxylation is 3. The summed E-state index contributed by atoms with van der Waals surface area (Å²) >= 11 is 0. The Kier molecular flexibility index (Phi) is 9.60. The molecule has 4 rings (SSSR count). The van der Waals surface area contributed by atoms with Crippen LogP contribution < -0.4 is 10.1 Å². The Morgan fingerprint density at radius 1 is 1.03 bits per heavy atom. The Labute approximate surface area is 218 Å². The molecule has 0 bridgehead atoms. The normalized spacial score (nSPS) is 15.9. The first kappa shape index (κ1) is 26.9. The van der Waals surface area contributed by atoms with Crippen LogP contribution in [0.3, 0.4) is 0 Å². The highest BCUT2D eigenvalue weighted by atomic mass is 16.5. The molecule has 2 heterocycles. The van der Waals surface area contributed by atoms with Gasteiger partial charge in [-0.3, -0.25) is 4.90 Å². The fraction of sp³-hybridized carbons (Fsp3) is 0.667. The number of anilines is 1. The van der Waals surface area contributed by atoms with Crippen LogP contribution in [0.25, 0.3) is 11.3 Å². The number of hydrogen-bond donors (Lipinski definition) is 1. The highest BCUT2D eigenvalue weighted by Gasteiger charge is 2.26. The quantitative estimate of drug-likeness (QED) is 0.413. The van der Waals surface area contributed by atoms with Gasteiger partial charge in [0.15, 0.2) is 0 Å². The number of rotatable bonds is 12. The van der Waals surface area contributed by atoms with Gasteiger partial charge in [0.1, 0.15) is 11.6 Å². The van der Waals surface area contributed by atoms with E-state index in [1.54, 1.807) is 7.11 Å². The fourth-order valence-corrected chi connectivity index (χ4v) is 5.80. The van der Waals surface area contributed by atoms with Crippen LogP contribution in [-0.4, -0.2) is 60.9 Å². The monoisotopic (exact) mass is 494 g/mol. The fourth-order valence-electron chi connectivity index (χ4n) is 5.80. The van der Waals surface area contributed by atoms with Gasteiger partial charge < -0.3 is 14.8 Å². The summed E-state index contributed by atoms with van der Waals surface area (Å²) in [5.74, 6) is 1.92. The molecule has 1 aromatic heterocycles. The molecule has 6 nitrogen and oxygen atoms in total. The van der Waals surface area contributed by atoms with Gasteiger partial charge in [-0.1, -0.05) is 27.7 Å². The van der Waals surface area contributed by atoms with Crippen molar-refractivity contribution in [3.05, 3.63) is 34.1 Å². The lowest BCUT2D eigenvalue weighted by Gasteiger charge is -2.27. The standard InChI is InChI=1S/C30H46N4O2/c1-6-22(7-2)31-30-26(9-4)32-29(25(8-3)33-30)28-24(14-11-15-34-16-18-36-19-17-34)23-13-10-12-21(23)20-27(28)35-5/h20,22H,6-19H2,1-5H3,(H,31,33).